The predicted molar refractivity (Wildman–Crippen MR) is 76.5 cm³/mol. The van der Waals surface area contributed by atoms with Gasteiger partial charge < -0.3 is 5.32 Å². The molecule has 0 aliphatic heterocycles. The quantitative estimate of drug-likeness (QED) is 0.875. The maximum Gasteiger partial charge on any atom is 0.153 e. The van der Waals surface area contributed by atoms with Gasteiger partial charge in [0.2, 0.25) is 0 Å². The smallest absolute Gasteiger partial charge is 0.153 e. The first-order chi connectivity index (χ1) is 8.74. The molecule has 1 rings (SSSR count). The van der Waals surface area contributed by atoms with Crippen molar-refractivity contribution in [3.05, 3.63) is 35.1 Å². The second-order valence-electron chi connectivity index (χ2n) is 5.10. The molecule has 0 heterocycles. The highest BCUT2D eigenvalue weighted by Crippen LogP contribution is 2.16. The summed E-state index contributed by atoms with van der Waals surface area (Å²) in [6.45, 7) is 7.33. The van der Waals surface area contributed by atoms with Crippen molar-refractivity contribution in [2.24, 2.45) is 0 Å². The molecule has 0 fully saturated rings. The topological polar surface area (TPSA) is 46.2 Å². The van der Waals surface area contributed by atoms with Crippen molar-refractivity contribution in [1.82, 2.24) is 5.32 Å². The van der Waals surface area contributed by atoms with Crippen LogP contribution in [0.1, 0.15) is 37.9 Å². The number of halogens is 1. The van der Waals surface area contributed by atoms with Gasteiger partial charge in [0, 0.05) is 12.6 Å². The molecule has 108 valence electrons. The lowest BCUT2D eigenvalue weighted by molar-refractivity contribution is 0.561. The van der Waals surface area contributed by atoms with Crippen LogP contribution in [0.2, 0.25) is 0 Å². The van der Waals surface area contributed by atoms with E-state index in [2.05, 4.69) is 5.32 Å². The number of hydrogen-bond donors (Lipinski definition) is 1. The largest absolute Gasteiger partial charge is 0.309 e. The minimum absolute atomic E-state index is 0.0718. The van der Waals surface area contributed by atoms with E-state index in [1.54, 1.807) is 26.8 Å². The van der Waals surface area contributed by atoms with Crippen LogP contribution in [-0.2, 0) is 9.84 Å². The fourth-order valence-electron chi connectivity index (χ4n) is 1.65. The van der Waals surface area contributed by atoms with Gasteiger partial charge in [-0.25, -0.2) is 12.8 Å². The van der Waals surface area contributed by atoms with Gasteiger partial charge in [0.25, 0.3) is 0 Å². The summed E-state index contributed by atoms with van der Waals surface area (Å²) in [7, 11) is -3.03. The second-order valence-corrected chi connectivity index (χ2v) is 7.78. The first-order valence-corrected chi connectivity index (χ1v) is 8.16. The lowest BCUT2D eigenvalue weighted by Gasteiger charge is -2.15. The molecule has 1 unspecified atom stereocenters. The monoisotopic (exact) mass is 287 g/mol. The van der Waals surface area contributed by atoms with E-state index in [0.717, 1.165) is 5.56 Å². The normalized spacial score (nSPS) is 13.8. The molecule has 5 heteroatoms. The van der Waals surface area contributed by atoms with Gasteiger partial charge in [-0.15, -0.1) is 0 Å². The minimum Gasteiger partial charge on any atom is -0.309 e. The first-order valence-electron chi connectivity index (χ1n) is 6.45. The molecule has 3 nitrogen and oxygen atoms in total. The van der Waals surface area contributed by atoms with Gasteiger partial charge in [-0.1, -0.05) is 12.1 Å². The maximum atomic E-state index is 13.4. The van der Waals surface area contributed by atoms with Crippen LogP contribution in [0.25, 0.3) is 0 Å². The van der Waals surface area contributed by atoms with Crippen LogP contribution in [0, 0.1) is 12.7 Å². The van der Waals surface area contributed by atoms with Crippen LogP contribution >= 0.6 is 0 Å². The third kappa shape index (κ3) is 4.58. The third-order valence-electron chi connectivity index (χ3n) is 3.25. The molecule has 0 spiro atoms. The highest BCUT2D eigenvalue weighted by molar-refractivity contribution is 7.92. The number of aryl methyl sites for hydroxylation is 1. The number of rotatable bonds is 6. The van der Waals surface area contributed by atoms with E-state index in [1.807, 2.05) is 13.0 Å². The summed E-state index contributed by atoms with van der Waals surface area (Å²) in [4.78, 5) is 0. The van der Waals surface area contributed by atoms with Crippen LogP contribution in [-0.4, -0.2) is 26.0 Å². The molecular formula is C14H22FNO2S. The van der Waals surface area contributed by atoms with Crippen LogP contribution in [0.5, 0.6) is 0 Å². The molecule has 0 amide bonds. The summed E-state index contributed by atoms with van der Waals surface area (Å²) < 4.78 is 36.7. The number of nitrogens with one attached hydrogen (secondary N) is 1. The molecule has 0 bridgehead atoms. The molecule has 1 N–H and O–H groups in total. The first kappa shape index (κ1) is 16.1. The van der Waals surface area contributed by atoms with E-state index in [0.29, 0.717) is 12.1 Å². The van der Waals surface area contributed by atoms with Crippen LogP contribution in [0.3, 0.4) is 0 Å². The lowest BCUT2D eigenvalue weighted by atomic mass is 10.1. The van der Waals surface area contributed by atoms with Gasteiger partial charge in [0.15, 0.2) is 9.84 Å². The van der Waals surface area contributed by atoms with Crippen molar-refractivity contribution in [2.75, 3.05) is 12.3 Å². The Morgan fingerprint density at radius 1 is 1.26 bits per heavy atom. The summed E-state index contributed by atoms with van der Waals surface area (Å²) in [6.07, 6.45) is 0. The molecule has 0 aliphatic rings. The Hall–Kier alpha value is -0.940. The zero-order valence-electron chi connectivity index (χ0n) is 11.9. The van der Waals surface area contributed by atoms with Gasteiger partial charge in [0.1, 0.15) is 5.82 Å². The zero-order valence-corrected chi connectivity index (χ0v) is 12.7. The SMILES string of the molecule is Cc1ccc(C(C)NCCS(=O)(=O)C(C)C)cc1F. The fourth-order valence-corrected chi connectivity index (χ4v) is 2.52. The summed E-state index contributed by atoms with van der Waals surface area (Å²) in [5, 5.41) is 2.75. The van der Waals surface area contributed by atoms with Crippen molar-refractivity contribution in [3.63, 3.8) is 0 Å². The van der Waals surface area contributed by atoms with E-state index in [9.17, 15) is 12.8 Å². The Labute approximate surface area is 115 Å². The molecule has 0 saturated carbocycles. The van der Waals surface area contributed by atoms with Gasteiger partial charge in [-0.3, -0.25) is 0 Å². The van der Waals surface area contributed by atoms with Gasteiger partial charge in [-0.05, 0) is 44.9 Å². The third-order valence-corrected chi connectivity index (χ3v) is 5.46. The number of sulfone groups is 1. The van der Waals surface area contributed by atoms with E-state index in [4.69, 9.17) is 0 Å². The average molecular weight is 287 g/mol. The maximum absolute atomic E-state index is 13.4. The molecule has 1 atom stereocenters. The van der Waals surface area contributed by atoms with Crippen molar-refractivity contribution in [1.29, 1.82) is 0 Å². The predicted octanol–water partition coefficient (Wildman–Crippen LogP) is 2.61. The van der Waals surface area contributed by atoms with Crippen molar-refractivity contribution in [3.8, 4) is 0 Å². The Morgan fingerprint density at radius 3 is 2.42 bits per heavy atom. The minimum atomic E-state index is -3.03. The fraction of sp³-hybridized carbons (Fsp3) is 0.571. The summed E-state index contributed by atoms with van der Waals surface area (Å²) >= 11 is 0. The standard InChI is InChI=1S/C14H22FNO2S/c1-10(2)19(17,18)8-7-16-12(4)13-6-5-11(3)14(15)9-13/h5-6,9-10,12,16H,7-8H2,1-4H3. The molecule has 0 aromatic heterocycles. The van der Waals surface area contributed by atoms with E-state index >= 15 is 0 Å². The highest BCUT2D eigenvalue weighted by atomic mass is 32.2. The number of hydrogen-bond acceptors (Lipinski definition) is 3. The lowest BCUT2D eigenvalue weighted by Crippen LogP contribution is -2.29. The van der Waals surface area contributed by atoms with Gasteiger partial charge >= 0.3 is 0 Å². The summed E-state index contributed by atoms with van der Waals surface area (Å²) in [6, 6.07) is 5.00. The van der Waals surface area contributed by atoms with Crippen molar-refractivity contribution < 1.29 is 12.8 Å². The Kier molecular flexibility index (Phi) is 5.50. The Morgan fingerprint density at radius 2 is 1.89 bits per heavy atom. The van der Waals surface area contributed by atoms with Crippen molar-refractivity contribution in [2.45, 2.75) is 39.0 Å². The zero-order chi connectivity index (χ0) is 14.6. The van der Waals surface area contributed by atoms with Crippen molar-refractivity contribution >= 4 is 9.84 Å². The molecule has 0 saturated heterocycles. The Balaban J connectivity index is 2.56. The highest BCUT2D eigenvalue weighted by Gasteiger charge is 2.16. The second kappa shape index (κ2) is 6.48. The number of benzene rings is 1. The molecular weight excluding hydrogens is 265 g/mol. The van der Waals surface area contributed by atoms with Gasteiger partial charge in [0.05, 0.1) is 11.0 Å². The molecule has 0 radical (unpaired) electrons. The van der Waals surface area contributed by atoms with E-state index in [1.165, 1.54) is 6.07 Å². The van der Waals surface area contributed by atoms with E-state index < -0.39 is 9.84 Å². The summed E-state index contributed by atoms with van der Waals surface area (Å²) in [5.41, 5.74) is 1.43. The van der Waals surface area contributed by atoms with Crippen LogP contribution < -0.4 is 5.32 Å². The van der Waals surface area contributed by atoms with E-state index in [-0.39, 0.29) is 22.9 Å². The summed E-state index contributed by atoms with van der Waals surface area (Å²) in [5.74, 6) is -0.135. The molecule has 1 aromatic carbocycles. The average Bonchev–Trinajstić information content (AvgIpc) is 2.32. The molecule has 19 heavy (non-hydrogen) atoms. The molecule has 1 aromatic rings. The van der Waals surface area contributed by atoms with Crippen LogP contribution in [0.15, 0.2) is 18.2 Å². The van der Waals surface area contributed by atoms with Gasteiger partial charge in [-0.2, -0.15) is 0 Å². The van der Waals surface area contributed by atoms with Crippen LogP contribution in [0.4, 0.5) is 4.39 Å². The molecule has 0 aliphatic carbocycles. The Bertz CT molecular complexity index is 526.